The van der Waals surface area contributed by atoms with E-state index in [0.717, 1.165) is 19.5 Å². The second kappa shape index (κ2) is 7.63. The van der Waals surface area contributed by atoms with E-state index in [-0.39, 0.29) is 5.91 Å². The van der Waals surface area contributed by atoms with E-state index in [4.69, 9.17) is 6.42 Å². The van der Waals surface area contributed by atoms with Crippen molar-refractivity contribution in [2.24, 2.45) is 0 Å². The summed E-state index contributed by atoms with van der Waals surface area (Å²) in [6.45, 7) is 1.73. The fourth-order valence-electron chi connectivity index (χ4n) is 0.988. The summed E-state index contributed by atoms with van der Waals surface area (Å²) in [4.78, 5) is 13.0. The van der Waals surface area contributed by atoms with Gasteiger partial charge in [-0.25, -0.2) is 0 Å². The van der Waals surface area contributed by atoms with Gasteiger partial charge in [-0.15, -0.1) is 12.3 Å². The van der Waals surface area contributed by atoms with Crippen LogP contribution in [0.1, 0.15) is 19.3 Å². The van der Waals surface area contributed by atoms with Gasteiger partial charge in [0.1, 0.15) is 0 Å². The summed E-state index contributed by atoms with van der Waals surface area (Å²) in [5, 5.41) is 3.03. The molecule has 0 bridgehead atoms. The highest BCUT2D eigenvalue weighted by Gasteiger charge is 2.05. The monoisotopic (exact) mass is 182 g/mol. The first-order valence-corrected chi connectivity index (χ1v) is 4.54. The molecule has 13 heavy (non-hydrogen) atoms. The molecule has 1 amide bonds. The fourth-order valence-corrected chi connectivity index (χ4v) is 0.988. The highest BCUT2D eigenvalue weighted by Crippen LogP contribution is 1.95. The Bertz CT molecular complexity index is 184. The highest BCUT2D eigenvalue weighted by molar-refractivity contribution is 5.76. The van der Waals surface area contributed by atoms with Crippen LogP contribution < -0.4 is 5.32 Å². The van der Waals surface area contributed by atoms with Crippen LogP contribution in [0.15, 0.2) is 0 Å². The Morgan fingerprint density at radius 2 is 2.31 bits per heavy atom. The third-order valence-electron chi connectivity index (χ3n) is 1.83. The van der Waals surface area contributed by atoms with Gasteiger partial charge >= 0.3 is 0 Å². The Hall–Kier alpha value is -1.01. The molecule has 0 unspecified atom stereocenters. The van der Waals surface area contributed by atoms with E-state index in [1.807, 2.05) is 14.1 Å². The van der Waals surface area contributed by atoms with Crippen molar-refractivity contribution in [2.75, 3.05) is 27.2 Å². The first kappa shape index (κ1) is 12.0. The molecule has 0 rings (SSSR count). The zero-order chi connectivity index (χ0) is 10.1. The number of rotatable bonds is 6. The predicted octanol–water partition coefficient (Wildman–Crippen LogP) is 0.468. The summed E-state index contributed by atoms with van der Waals surface area (Å²) in [7, 11) is 3.72. The van der Waals surface area contributed by atoms with Crippen LogP contribution in [0, 0.1) is 12.3 Å². The first-order valence-electron chi connectivity index (χ1n) is 4.54. The number of nitrogens with zero attached hydrogens (tertiary/aromatic N) is 1. The van der Waals surface area contributed by atoms with Gasteiger partial charge in [-0.3, -0.25) is 4.79 Å². The van der Waals surface area contributed by atoms with E-state index in [9.17, 15) is 4.79 Å². The van der Waals surface area contributed by atoms with Gasteiger partial charge in [-0.2, -0.15) is 0 Å². The average molecular weight is 182 g/mol. The van der Waals surface area contributed by atoms with E-state index < -0.39 is 0 Å². The van der Waals surface area contributed by atoms with Gasteiger partial charge in [-0.05, 0) is 20.0 Å². The summed E-state index contributed by atoms with van der Waals surface area (Å²) in [6, 6.07) is 0. The van der Waals surface area contributed by atoms with Crippen LogP contribution in [0.5, 0.6) is 0 Å². The number of carbonyl (C=O) groups is 1. The van der Waals surface area contributed by atoms with Crippen LogP contribution in [0.4, 0.5) is 0 Å². The van der Waals surface area contributed by atoms with E-state index in [2.05, 4.69) is 11.2 Å². The standard InChI is InChI=1S/C10H18N2O/c1-4-5-7-10(13)12(3)9-6-8-11-2/h1,11H,5-9H2,2-3H3. The number of hydrogen-bond acceptors (Lipinski definition) is 2. The van der Waals surface area contributed by atoms with Crippen LogP contribution in [0.2, 0.25) is 0 Å². The summed E-state index contributed by atoms with van der Waals surface area (Å²) in [5.74, 6) is 2.59. The Kier molecular flexibility index (Phi) is 7.04. The van der Waals surface area contributed by atoms with E-state index in [0.29, 0.717) is 12.8 Å². The molecule has 0 atom stereocenters. The molecule has 0 aliphatic heterocycles. The molecular formula is C10H18N2O. The van der Waals surface area contributed by atoms with Gasteiger partial charge in [0.15, 0.2) is 0 Å². The molecule has 0 aromatic rings. The highest BCUT2D eigenvalue weighted by atomic mass is 16.2. The van der Waals surface area contributed by atoms with Crippen molar-refractivity contribution in [2.45, 2.75) is 19.3 Å². The van der Waals surface area contributed by atoms with Crippen LogP contribution in [0.25, 0.3) is 0 Å². The molecule has 1 N–H and O–H groups in total. The van der Waals surface area contributed by atoms with Crippen molar-refractivity contribution >= 4 is 5.91 Å². The number of nitrogens with one attached hydrogen (secondary N) is 1. The molecule has 0 aliphatic rings. The van der Waals surface area contributed by atoms with Gasteiger partial charge in [0.25, 0.3) is 0 Å². The van der Waals surface area contributed by atoms with Gasteiger partial charge in [0.05, 0.1) is 0 Å². The molecule has 0 aromatic heterocycles. The zero-order valence-corrected chi connectivity index (χ0v) is 8.47. The molecule has 0 spiro atoms. The largest absolute Gasteiger partial charge is 0.346 e. The smallest absolute Gasteiger partial charge is 0.223 e. The molecule has 0 aliphatic carbocycles. The second-order valence-corrected chi connectivity index (χ2v) is 2.98. The molecule has 74 valence electrons. The van der Waals surface area contributed by atoms with Crippen LogP contribution in [-0.4, -0.2) is 38.0 Å². The minimum absolute atomic E-state index is 0.133. The zero-order valence-electron chi connectivity index (χ0n) is 8.47. The van der Waals surface area contributed by atoms with Gasteiger partial charge in [0, 0.05) is 26.4 Å². The molecule has 0 radical (unpaired) electrons. The summed E-state index contributed by atoms with van der Waals surface area (Å²) in [5.41, 5.74) is 0. The van der Waals surface area contributed by atoms with E-state index in [1.54, 1.807) is 4.90 Å². The van der Waals surface area contributed by atoms with Crippen molar-refractivity contribution in [1.82, 2.24) is 10.2 Å². The predicted molar refractivity (Wildman–Crippen MR) is 54.2 cm³/mol. The molecular weight excluding hydrogens is 164 g/mol. The minimum Gasteiger partial charge on any atom is -0.346 e. The minimum atomic E-state index is 0.133. The maximum absolute atomic E-state index is 11.3. The molecule has 3 nitrogen and oxygen atoms in total. The molecule has 0 saturated carbocycles. The fraction of sp³-hybridized carbons (Fsp3) is 0.700. The number of hydrogen-bond donors (Lipinski definition) is 1. The van der Waals surface area contributed by atoms with Crippen molar-refractivity contribution in [3.63, 3.8) is 0 Å². The van der Waals surface area contributed by atoms with Crippen LogP contribution in [0.3, 0.4) is 0 Å². The van der Waals surface area contributed by atoms with Crippen molar-refractivity contribution in [3.05, 3.63) is 0 Å². The topological polar surface area (TPSA) is 32.3 Å². The van der Waals surface area contributed by atoms with Gasteiger partial charge in [0.2, 0.25) is 5.91 Å². The lowest BCUT2D eigenvalue weighted by Gasteiger charge is -2.16. The third-order valence-corrected chi connectivity index (χ3v) is 1.83. The molecule has 0 aromatic carbocycles. The molecule has 3 heteroatoms. The molecule has 0 saturated heterocycles. The Balaban J connectivity index is 3.52. The number of carbonyl (C=O) groups excluding carboxylic acids is 1. The lowest BCUT2D eigenvalue weighted by atomic mass is 10.3. The van der Waals surface area contributed by atoms with Crippen LogP contribution >= 0.6 is 0 Å². The van der Waals surface area contributed by atoms with Crippen molar-refractivity contribution in [1.29, 1.82) is 0 Å². The van der Waals surface area contributed by atoms with Crippen LogP contribution in [-0.2, 0) is 4.79 Å². The second-order valence-electron chi connectivity index (χ2n) is 2.98. The summed E-state index contributed by atoms with van der Waals surface area (Å²) < 4.78 is 0. The van der Waals surface area contributed by atoms with E-state index >= 15 is 0 Å². The van der Waals surface area contributed by atoms with E-state index in [1.165, 1.54) is 0 Å². The lowest BCUT2D eigenvalue weighted by molar-refractivity contribution is -0.129. The van der Waals surface area contributed by atoms with Crippen molar-refractivity contribution < 1.29 is 4.79 Å². The first-order chi connectivity index (χ1) is 6.22. The third kappa shape index (κ3) is 6.18. The number of terminal acetylenes is 1. The average Bonchev–Trinajstić information content (AvgIpc) is 2.14. The van der Waals surface area contributed by atoms with Gasteiger partial charge < -0.3 is 10.2 Å². The van der Waals surface area contributed by atoms with Crippen molar-refractivity contribution in [3.8, 4) is 12.3 Å². The Morgan fingerprint density at radius 1 is 1.62 bits per heavy atom. The number of amides is 1. The summed E-state index contributed by atoms with van der Waals surface area (Å²) in [6.07, 6.45) is 7.05. The summed E-state index contributed by atoms with van der Waals surface area (Å²) >= 11 is 0. The lowest BCUT2D eigenvalue weighted by Crippen LogP contribution is -2.29. The Morgan fingerprint density at radius 3 is 2.85 bits per heavy atom. The normalized spacial score (nSPS) is 9.31. The Labute approximate surface area is 80.5 Å². The van der Waals surface area contributed by atoms with Gasteiger partial charge in [-0.1, -0.05) is 0 Å². The molecule has 0 heterocycles. The quantitative estimate of drug-likeness (QED) is 0.478. The maximum Gasteiger partial charge on any atom is 0.223 e. The SMILES string of the molecule is C#CCCC(=O)N(C)CCCNC. The molecule has 0 fully saturated rings. The maximum atomic E-state index is 11.3.